The molecule has 1 aromatic carbocycles. The summed E-state index contributed by atoms with van der Waals surface area (Å²) in [4.78, 5) is 16.8. The van der Waals surface area contributed by atoms with Crippen LogP contribution in [0.15, 0.2) is 24.3 Å². The highest BCUT2D eigenvalue weighted by molar-refractivity contribution is 5.79. The van der Waals surface area contributed by atoms with Crippen LogP contribution >= 0.6 is 0 Å². The van der Waals surface area contributed by atoms with Crippen LogP contribution in [0.4, 0.5) is 4.39 Å². The van der Waals surface area contributed by atoms with Crippen LogP contribution in [-0.4, -0.2) is 47.9 Å². The number of rotatable bonds is 3. The number of likely N-dealkylation sites (tertiary alicyclic amines) is 2. The zero-order valence-corrected chi connectivity index (χ0v) is 11.7. The monoisotopic (exact) mass is 276 g/mol. The summed E-state index contributed by atoms with van der Waals surface area (Å²) < 4.78 is 12.8. The van der Waals surface area contributed by atoms with Crippen molar-refractivity contribution in [2.45, 2.75) is 31.7 Å². The minimum atomic E-state index is -0.253. The summed E-state index contributed by atoms with van der Waals surface area (Å²) in [7, 11) is 0. The topological polar surface area (TPSA) is 23.6 Å². The molecule has 1 aromatic rings. The average Bonchev–Trinajstić information content (AvgIpc) is 3.11. The molecule has 2 saturated heterocycles. The third-order valence-electron chi connectivity index (χ3n) is 4.44. The second-order valence-corrected chi connectivity index (χ2v) is 5.83. The third kappa shape index (κ3) is 3.01. The Labute approximate surface area is 119 Å². The van der Waals surface area contributed by atoms with Crippen molar-refractivity contribution >= 4 is 5.91 Å². The molecule has 0 radical (unpaired) electrons. The second-order valence-electron chi connectivity index (χ2n) is 5.83. The standard InChI is InChI=1S/C16H21FN2O/c17-14-5-3-13(4-6-14)11-16(20)19-10-7-15(12-19)18-8-1-2-9-18/h3-6,15H,1-2,7-12H2. The van der Waals surface area contributed by atoms with E-state index in [0.717, 1.165) is 25.1 Å². The molecule has 0 N–H and O–H groups in total. The van der Waals surface area contributed by atoms with Crippen molar-refractivity contribution in [1.82, 2.24) is 9.80 Å². The molecule has 1 unspecified atom stereocenters. The molecule has 0 aromatic heterocycles. The fourth-order valence-electron chi connectivity index (χ4n) is 3.26. The second kappa shape index (κ2) is 5.92. The maximum Gasteiger partial charge on any atom is 0.227 e. The first-order valence-corrected chi connectivity index (χ1v) is 7.48. The Kier molecular flexibility index (Phi) is 4.01. The fraction of sp³-hybridized carbons (Fsp3) is 0.562. The summed E-state index contributed by atoms with van der Waals surface area (Å²) in [5.74, 6) is -0.0882. The first kappa shape index (κ1) is 13.6. The van der Waals surface area contributed by atoms with E-state index in [4.69, 9.17) is 0 Å². The van der Waals surface area contributed by atoms with Crippen LogP contribution < -0.4 is 0 Å². The van der Waals surface area contributed by atoms with Gasteiger partial charge in [-0.1, -0.05) is 12.1 Å². The third-order valence-corrected chi connectivity index (χ3v) is 4.44. The van der Waals surface area contributed by atoms with Crippen LogP contribution in [0.3, 0.4) is 0 Å². The van der Waals surface area contributed by atoms with Crippen LogP contribution in [0.25, 0.3) is 0 Å². The number of carbonyl (C=O) groups is 1. The Morgan fingerprint density at radius 3 is 2.55 bits per heavy atom. The summed E-state index contributed by atoms with van der Waals surface area (Å²) in [5, 5.41) is 0. The molecule has 4 heteroatoms. The van der Waals surface area contributed by atoms with Gasteiger partial charge in [0.05, 0.1) is 6.42 Å². The zero-order chi connectivity index (χ0) is 13.9. The number of amides is 1. The predicted molar refractivity (Wildman–Crippen MR) is 75.9 cm³/mol. The minimum Gasteiger partial charge on any atom is -0.341 e. The molecule has 20 heavy (non-hydrogen) atoms. The Morgan fingerprint density at radius 2 is 1.85 bits per heavy atom. The Bertz CT molecular complexity index is 468. The van der Waals surface area contributed by atoms with Gasteiger partial charge < -0.3 is 4.90 Å². The van der Waals surface area contributed by atoms with Gasteiger partial charge in [0, 0.05) is 19.1 Å². The highest BCUT2D eigenvalue weighted by Crippen LogP contribution is 2.21. The van der Waals surface area contributed by atoms with Crippen molar-refractivity contribution < 1.29 is 9.18 Å². The van der Waals surface area contributed by atoms with Crippen molar-refractivity contribution in [2.75, 3.05) is 26.2 Å². The van der Waals surface area contributed by atoms with E-state index in [-0.39, 0.29) is 11.7 Å². The van der Waals surface area contributed by atoms with E-state index in [0.29, 0.717) is 12.5 Å². The van der Waals surface area contributed by atoms with Gasteiger partial charge in [-0.3, -0.25) is 9.69 Å². The highest BCUT2D eigenvalue weighted by atomic mass is 19.1. The van der Waals surface area contributed by atoms with Crippen molar-refractivity contribution in [3.05, 3.63) is 35.6 Å². The van der Waals surface area contributed by atoms with Gasteiger partial charge in [-0.05, 0) is 50.0 Å². The van der Waals surface area contributed by atoms with Crippen molar-refractivity contribution in [3.63, 3.8) is 0 Å². The van der Waals surface area contributed by atoms with Gasteiger partial charge in [-0.15, -0.1) is 0 Å². The Hall–Kier alpha value is -1.42. The molecule has 108 valence electrons. The highest BCUT2D eigenvalue weighted by Gasteiger charge is 2.31. The number of nitrogens with zero attached hydrogens (tertiary/aromatic N) is 2. The molecule has 3 nitrogen and oxygen atoms in total. The number of halogens is 1. The van der Waals surface area contributed by atoms with E-state index in [1.165, 1.54) is 38.1 Å². The van der Waals surface area contributed by atoms with Gasteiger partial charge in [0.1, 0.15) is 5.82 Å². The Balaban J connectivity index is 1.54. The van der Waals surface area contributed by atoms with Gasteiger partial charge in [0.15, 0.2) is 0 Å². The zero-order valence-electron chi connectivity index (χ0n) is 11.7. The normalized spacial score (nSPS) is 23.4. The van der Waals surface area contributed by atoms with Crippen LogP contribution in [0.1, 0.15) is 24.8 Å². The lowest BCUT2D eigenvalue weighted by Gasteiger charge is -2.23. The van der Waals surface area contributed by atoms with Crippen LogP contribution in [0.5, 0.6) is 0 Å². The summed E-state index contributed by atoms with van der Waals surface area (Å²) in [6.07, 6.45) is 4.06. The minimum absolute atomic E-state index is 0.165. The van der Waals surface area contributed by atoms with Crippen LogP contribution in [0.2, 0.25) is 0 Å². The number of hydrogen-bond acceptors (Lipinski definition) is 2. The lowest BCUT2D eigenvalue weighted by Crippen LogP contribution is -2.37. The molecular weight excluding hydrogens is 255 g/mol. The lowest BCUT2D eigenvalue weighted by molar-refractivity contribution is -0.129. The van der Waals surface area contributed by atoms with Gasteiger partial charge >= 0.3 is 0 Å². The smallest absolute Gasteiger partial charge is 0.227 e. The van der Waals surface area contributed by atoms with E-state index in [1.807, 2.05) is 4.90 Å². The van der Waals surface area contributed by atoms with E-state index >= 15 is 0 Å². The Morgan fingerprint density at radius 1 is 1.15 bits per heavy atom. The molecule has 2 heterocycles. The van der Waals surface area contributed by atoms with Crippen molar-refractivity contribution in [1.29, 1.82) is 0 Å². The van der Waals surface area contributed by atoms with E-state index in [1.54, 1.807) is 12.1 Å². The van der Waals surface area contributed by atoms with Gasteiger partial charge in [-0.2, -0.15) is 0 Å². The molecule has 3 rings (SSSR count). The molecule has 2 aliphatic heterocycles. The number of hydrogen-bond donors (Lipinski definition) is 0. The number of carbonyl (C=O) groups excluding carboxylic acids is 1. The van der Waals surface area contributed by atoms with Crippen LogP contribution in [-0.2, 0) is 11.2 Å². The quantitative estimate of drug-likeness (QED) is 0.844. The average molecular weight is 276 g/mol. The summed E-state index contributed by atoms with van der Waals surface area (Å²) in [6, 6.07) is 6.77. The van der Waals surface area contributed by atoms with Gasteiger partial charge in [0.25, 0.3) is 0 Å². The molecule has 0 bridgehead atoms. The molecule has 0 spiro atoms. The van der Waals surface area contributed by atoms with E-state index in [9.17, 15) is 9.18 Å². The molecule has 2 aliphatic rings. The summed E-state index contributed by atoms with van der Waals surface area (Å²) >= 11 is 0. The first-order valence-electron chi connectivity index (χ1n) is 7.48. The molecule has 1 atom stereocenters. The van der Waals surface area contributed by atoms with Gasteiger partial charge in [0.2, 0.25) is 5.91 Å². The predicted octanol–water partition coefficient (Wildman–Crippen LogP) is 2.06. The number of benzene rings is 1. The SMILES string of the molecule is O=C(Cc1ccc(F)cc1)N1CCC(N2CCCC2)C1. The maximum atomic E-state index is 12.8. The fourth-order valence-corrected chi connectivity index (χ4v) is 3.26. The lowest BCUT2D eigenvalue weighted by atomic mass is 10.1. The molecular formula is C16H21FN2O. The summed E-state index contributed by atoms with van der Waals surface area (Å²) in [5.41, 5.74) is 0.890. The largest absolute Gasteiger partial charge is 0.341 e. The molecule has 1 amide bonds. The first-order chi connectivity index (χ1) is 9.72. The molecule has 0 aliphatic carbocycles. The summed E-state index contributed by atoms with van der Waals surface area (Å²) in [6.45, 7) is 4.09. The van der Waals surface area contributed by atoms with E-state index < -0.39 is 0 Å². The van der Waals surface area contributed by atoms with Crippen LogP contribution in [0, 0.1) is 5.82 Å². The van der Waals surface area contributed by atoms with Crippen molar-refractivity contribution in [3.8, 4) is 0 Å². The molecule has 0 saturated carbocycles. The van der Waals surface area contributed by atoms with E-state index in [2.05, 4.69) is 4.90 Å². The van der Waals surface area contributed by atoms with Crippen molar-refractivity contribution in [2.24, 2.45) is 0 Å². The molecule has 2 fully saturated rings. The van der Waals surface area contributed by atoms with Gasteiger partial charge in [-0.25, -0.2) is 4.39 Å². The maximum absolute atomic E-state index is 12.8.